The Morgan fingerprint density at radius 1 is 1.00 bits per heavy atom. The van der Waals surface area contributed by atoms with Crippen molar-refractivity contribution in [1.29, 1.82) is 0 Å². The summed E-state index contributed by atoms with van der Waals surface area (Å²) in [5.41, 5.74) is 0.862. The molecule has 2 N–H and O–H groups in total. The SMILES string of the molecule is C[C@H](COC(C)(C)O)[C@H](OCc1ccccc1)C(F)(F)[C@H](O)COC(=O)c1ccccc1. The zero-order valence-corrected chi connectivity index (χ0v) is 18.4. The van der Waals surface area contributed by atoms with Crippen LogP contribution < -0.4 is 0 Å². The molecule has 0 spiro atoms. The van der Waals surface area contributed by atoms with Crippen molar-refractivity contribution in [3.8, 4) is 0 Å². The molecule has 0 aliphatic carbocycles. The van der Waals surface area contributed by atoms with Gasteiger partial charge in [0.1, 0.15) is 12.7 Å². The quantitative estimate of drug-likeness (QED) is 0.376. The summed E-state index contributed by atoms with van der Waals surface area (Å²) in [6.45, 7) is 2.97. The first-order chi connectivity index (χ1) is 15.0. The molecule has 0 radical (unpaired) electrons. The van der Waals surface area contributed by atoms with Crippen LogP contribution in [-0.2, 0) is 20.8 Å². The molecular weight excluding hydrogens is 422 g/mol. The molecule has 0 unspecified atom stereocenters. The Bertz CT molecular complexity index is 823. The molecule has 0 aromatic heterocycles. The van der Waals surface area contributed by atoms with Crippen molar-refractivity contribution in [1.82, 2.24) is 0 Å². The molecule has 0 amide bonds. The first-order valence-electron chi connectivity index (χ1n) is 10.3. The summed E-state index contributed by atoms with van der Waals surface area (Å²) in [4.78, 5) is 12.0. The van der Waals surface area contributed by atoms with Gasteiger partial charge in [-0.3, -0.25) is 0 Å². The number of ether oxygens (including phenoxy) is 3. The predicted molar refractivity (Wildman–Crippen MR) is 114 cm³/mol. The fraction of sp³-hybridized carbons (Fsp3) is 0.458. The second-order valence-electron chi connectivity index (χ2n) is 8.11. The van der Waals surface area contributed by atoms with E-state index in [1.807, 2.05) is 0 Å². The van der Waals surface area contributed by atoms with E-state index in [-0.39, 0.29) is 18.8 Å². The van der Waals surface area contributed by atoms with E-state index in [2.05, 4.69) is 0 Å². The molecule has 0 heterocycles. The largest absolute Gasteiger partial charge is 0.459 e. The van der Waals surface area contributed by atoms with Crippen molar-refractivity contribution in [2.24, 2.45) is 5.92 Å². The summed E-state index contributed by atoms with van der Waals surface area (Å²) in [5.74, 6) is -7.01. The first kappa shape index (κ1) is 25.9. The van der Waals surface area contributed by atoms with Crippen LogP contribution in [0.15, 0.2) is 60.7 Å². The van der Waals surface area contributed by atoms with Gasteiger partial charge >= 0.3 is 11.9 Å². The van der Waals surface area contributed by atoms with Gasteiger partial charge < -0.3 is 24.4 Å². The summed E-state index contributed by atoms with van der Waals surface area (Å²) >= 11 is 0. The van der Waals surface area contributed by atoms with E-state index in [0.29, 0.717) is 5.56 Å². The average Bonchev–Trinajstić information content (AvgIpc) is 2.76. The Hall–Kier alpha value is -2.39. The molecule has 2 aromatic rings. The number of aliphatic hydroxyl groups excluding tert-OH is 1. The third kappa shape index (κ3) is 7.94. The number of carbonyl (C=O) groups excluding carboxylic acids is 1. The van der Waals surface area contributed by atoms with E-state index in [0.717, 1.165) is 0 Å². The third-order valence-corrected chi connectivity index (χ3v) is 4.69. The minimum atomic E-state index is -3.77. The van der Waals surface area contributed by atoms with Gasteiger partial charge in [-0.25, -0.2) is 13.6 Å². The number of aliphatic hydroxyl groups is 2. The van der Waals surface area contributed by atoms with Crippen LogP contribution in [0, 0.1) is 5.92 Å². The number of hydrogen-bond acceptors (Lipinski definition) is 6. The van der Waals surface area contributed by atoms with Gasteiger partial charge in [-0.05, 0) is 31.5 Å². The van der Waals surface area contributed by atoms with E-state index >= 15 is 8.78 Å². The molecule has 0 fully saturated rings. The van der Waals surface area contributed by atoms with Crippen molar-refractivity contribution in [3.05, 3.63) is 71.8 Å². The topological polar surface area (TPSA) is 85.2 Å². The summed E-state index contributed by atoms with van der Waals surface area (Å²) in [6.07, 6.45) is -4.07. The van der Waals surface area contributed by atoms with Crippen LogP contribution in [0.2, 0.25) is 0 Å². The van der Waals surface area contributed by atoms with E-state index < -0.39 is 42.4 Å². The lowest BCUT2D eigenvalue weighted by atomic mass is 9.95. The van der Waals surface area contributed by atoms with Gasteiger partial charge in [-0.2, -0.15) is 0 Å². The molecule has 2 rings (SSSR count). The minimum absolute atomic E-state index is 0.121. The van der Waals surface area contributed by atoms with Crippen LogP contribution in [0.1, 0.15) is 36.7 Å². The summed E-state index contributed by atoms with van der Waals surface area (Å²) in [7, 11) is 0. The molecular formula is C24H30F2O6. The second kappa shape index (κ2) is 11.5. The lowest BCUT2D eigenvalue weighted by Gasteiger charge is -2.35. The van der Waals surface area contributed by atoms with E-state index in [1.165, 1.54) is 32.9 Å². The Morgan fingerprint density at radius 3 is 2.12 bits per heavy atom. The van der Waals surface area contributed by atoms with Crippen molar-refractivity contribution in [3.63, 3.8) is 0 Å². The van der Waals surface area contributed by atoms with Crippen LogP contribution in [0.25, 0.3) is 0 Å². The second-order valence-corrected chi connectivity index (χ2v) is 8.11. The third-order valence-electron chi connectivity index (χ3n) is 4.69. The maximum Gasteiger partial charge on any atom is 0.338 e. The Balaban J connectivity index is 2.09. The fourth-order valence-corrected chi connectivity index (χ4v) is 2.95. The summed E-state index contributed by atoms with van der Waals surface area (Å²) in [5, 5.41) is 20.0. The van der Waals surface area contributed by atoms with E-state index in [4.69, 9.17) is 14.2 Å². The zero-order valence-electron chi connectivity index (χ0n) is 18.4. The maximum atomic E-state index is 15.2. The lowest BCUT2D eigenvalue weighted by molar-refractivity contribution is -0.238. The van der Waals surface area contributed by atoms with Crippen LogP contribution >= 0.6 is 0 Å². The van der Waals surface area contributed by atoms with Gasteiger partial charge in [0.15, 0.2) is 11.9 Å². The van der Waals surface area contributed by atoms with Gasteiger partial charge in [0, 0.05) is 5.92 Å². The van der Waals surface area contributed by atoms with Gasteiger partial charge in [-0.1, -0.05) is 55.5 Å². The average molecular weight is 452 g/mol. The molecule has 6 nitrogen and oxygen atoms in total. The zero-order chi connectivity index (χ0) is 23.8. The lowest BCUT2D eigenvalue weighted by Crippen LogP contribution is -2.52. The maximum absolute atomic E-state index is 15.2. The molecule has 8 heteroatoms. The molecule has 0 bridgehead atoms. The van der Waals surface area contributed by atoms with Crippen molar-refractivity contribution in [2.75, 3.05) is 13.2 Å². The molecule has 32 heavy (non-hydrogen) atoms. The van der Waals surface area contributed by atoms with Gasteiger partial charge in [0.2, 0.25) is 0 Å². The fourth-order valence-electron chi connectivity index (χ4n) is 2.95. The highest BCUT2D eigenvalue weighted by atomic mass is 19.3. The van der Waals surface area contributed by atoms with Crippen molar-refractivity contribution < 1.29 is 38.0 Å². The number of alkyl halides is 2. The smallest absolute Gasteiger partial charge is 0.338 e. The number of benzene rings is 2. The first-order valence-corrected chi connectivity index (χ1v) is 10.3. The molecule has 0 aliphatic heterocycles. The van der Waals surface area contributed by atoms with Crippen LogP contribution in [-0.4, -0.2) is 53.3 Å². The molecule has 0 saturated heterocycles. The normalized spacial score (nSPS) is 15.1. The standard InChI is InChI=1S/C24H30F2O6/c1-17(14-32-23(2,3)29)21(30-15-18-10-6-4-7-11-18)24(25,26)20(27)16-31-22(28)19-12-8-5-9-13-19/h4-13,17,20-21,27,29H,14-16H2,1-3H3/t17-,20-,21+/m1/s1. The van der Waals surface area contributed by atoms with Crippen LogP contribution in [0.3, 0.4) is 0 Å². The van der Waals surface area contributed by atoms with Gasteiger partial charge in [0.25, 0.3) is 0 Å². The number of esters is 1. The number of hydrogen-bond donors (Lipinski definition) is 2. The van der Waals surface area contributed by atoms with Crippen LogP contribution in [0.4, 0.5) is 8.78 Å². The Labute approximate surface area is 186 Å². The summed E-state index contributed by atoms with van der Waals surface area (Å²) < 4.78 is 46.1. The van der Waals surface area contributed by atoms with E-state index in [1.54, 1.807) is 48.5 Å². The Kier molecular flexibility index (Phi) is 9.27. The molecule has 176 valence electrons. The molecule has 2 aromatic carbocycles. The monoisotopic (exact) mass is 452 g/mol. The summed E-state index contributed by atoms with van der Waals surface area (Å²) in [6, 6.07) is 16.6. The predicted octanol–water partition coefficient (Wildman–Crippen LogP) is 3.81. The molecule has 0 aliphatic rings. The highest BCUT2D eigenvalue weighted by Crippen LogP contribution is 2.32. The van der Waals surface area contributed by atoms with Crippen LogP contribution in [0.5, 0.6) is 0 Å². The van der Waals surface area contributed by atoms with E-state index in [9.17, 15) is 15.0 Å². The molecule has 3 atom stereocenters. The number of carbonyl (C=O) groups is 1. The number of rotatable bonds is 12. The highest BCUT2D eigenvalue weighted by Gasteiger charge is 2.50. The van der Waals surface area contributed by atoms with Gasteiger partial charge in [0.05, 0.1) is 18.8 Å². The Morgan fingerprint density at radius 2 is 1.56 bits per heavy atom. The van der Waals surface area contributed by atoms with Crippen molar-refractivity contribution >= 4 is 5.97 Å². The van der Waals surface area contributed by atoms with Crippen molar-refractivity contribution in [2.45, 2.75) is 51.3 Å². The molecule has 0 saturated carbocycles. The number of halogens is 2. The highest BCUT2D eigenvalue weighted by molar-refractivity contribution is 5.89. The van der Waals surface area contributed by atoms with Gasteiger partial charge in [-0.15, -0.1) is 0 Å². The minimum Gasteiger partial charge on any atom is -0.459 e.